The number of nitrogens with one attached hydrogen (secondary N) is 2. The highest BCUT2D eigenvalue weighted by molar-refractivity contribution is 7.92. The first kappa shape index (κ1) is 16.4. The molecule has 1 saturated heterocycles. The average molecular weight is 311 g/mol. The van der Waals surface area contributed by atoms with E-state index >= 15 is 0 Å². The quantitative estimate of drug-likeness (QED) is 0.334. The molecule has 9 heteroatoms. The van der Waals surface area contributed by atoms with E-state index in [1.54, 1.807) is 0 Å². The molecule has 1 fully saturated rings. The van der Waals surface area contributed by atoms with E-state index in [1.165, 1.54) is 0 Å². The largest absolute Gasteiger partial charge is 0.388 e. The fourth-order valence-corrected chi connectivity index (χ4v) is 5.26. The van der Waals surface area contributed by atoms with Crippen molar-refractivity contribution in [1.29, 1.82) is 5.41 Å². The van der Waals surface area contributed by atoms with Gasteiger partial charge in [0.1, 0.15) is 9.84 Å². The van der Waals surface area contributed by atoms with E-state index in [4.69, 9.17) is 11.1 Å². The van der Waals surface area contributed by atoms with Crippen LogP contribution in [0.25, 0.3) is 0 Å². The number of unbranched alkanes of at least 4 members (excludes halogenated alkanes) is 1. The second-order valence-electron chi connectivity index (χ2n) is 4.77. The average Bonchev–Trinajstić information content (AvgIpc) is 2.27. The Kier molecular flexibility index (Phi) is 5.75. The maximum absolute atomic E-state index is 11.9. The van der Waals surface area contributed by atoms with E-state index in [-0.39, 0.29) is 30.2 Å². The Bertz CT molecular complexity index is 499. The normalized spacial score (nSPS) is 20.2. The standard InChI is InChI=1S/C10H21N3O4S2/c11-10(12)3-1-2-6-13-19(16,17)9-4-7-18(14,15)8-5-9/h9,13H,1-8H2,(H3,11,12). The van der Waals surface area contributed by atoms with Gasteiger partial charge in [-0.2, -0.15) is 0 Å². The molecular weight excluding hydrogens is 290 g/mol. The SMILES string of the molecule is N=C(N)CCCCNS(=O)(=O)C1CCS(=O)(=O)CC1. The van der Waals surface area contributed by atoms with E-state index in [1.807, 2.05) is 0 Å². The highest BCUT2D eigenvalue weighted by Crippen LogP contribution is 2.18. The second-order valence-corrected chi connectivity index (χ2v) is 9.12. The van der Waals surface area contributed by atoms with Gasteiger partial charge in [0.05, 0.1) is 22.6 Å². The Balaban J connectivity index is 2.34. The topological polar surface area (TPSA) is 130 Å². The van der Waals surface area contributed by atoms with Crippen molar-refractivity contribution < 1.29 is 16.8 Å². The van der Waals surface area contributed by atoms with Crippen molar-refractivity contribution >= 4 is 25.7 Å². The molecule has 1 rings (SSSR count). The summed E-state index contributed by atoms with van der Waals surface area (Å²) in [6.45, 7) is 0.304. The Hall–Kier alpha value is -0.670. The second kappa shape index (κ2) is 6.67. The Labute approximate surface area is 114 Å². The van der Waals surface area contributed by atoms with Gasteiger partial charge in [-0.3, -0.25) is 5.41 Å². The third-order valence-corrected chi connectivity index (χ3v) is 6.79. The van der Waals surface area contributed by atoms with E-state index in [2.05, 4.69) is 4.72 Å². The fourth-order valence-electron chi connectivity index (χ4n) is 1.95. The van der Waals surface area contributed by atoms with Crippen molar-refractivity contribution in [2.24, 2.45) is 5.73 Å². The lowest BCUT2D eigenvalue weighted by Crippen LogP contribution is -2.40. The Morgan fingerprint density at radius 1 is 1.26 bits per heavy atom. The summed E-state index contributed by atoms with van der Waals surface area (Å²) in [5.74, 6) is -0.00779. The lowest BCUT2D eigenvalue weighted by molar-refractivity contribution is 0.540. The number of sulfone groups is 1. The van der Waals surface area contributed by atoms with Crippen molar-refractivity contribution in [3.63, 3.8) is 0 Å². The minimum absolute atomic E-state index is 0.0527. The molecule has 1 aliphatic heterocycles. The van der Waals surface area contributed by atoms with Gasteiger partial charge in [-0.15, -0.1) is 0 Å². The van der Waals surface area contributed by atoms with Gasteiger partial charge in [0.15, 0.2) is 0 Å². The first-order valence-corrected chi connectivity index (χ1v) is 9.61. The van der Waals surface area contributed by atoms with Crippen LogP contribution in [0.3, 0.4) is 0 Å². The molecule has 1 aliphatic rings. The van der Waals surface area contributed by atoms with Gasteiger partial charge in [-0.25, -0.2) is 21.6 Å². The van der Waals surface area contributed by atoms with Crippen LogP contribution in [-0.2, 0) is 19.9 Å². The predicted molar refractivity (Wildman–Crippen MR) is 74.4 cm³/mol. The van der Waals surface area contributed by atoms with E-state index < -0.39 is 25.1 Å². The van der Waals surface area contributed by atoms with Crippen LogP contribution in [0.5, 0.6) is 0 Å². The molecule has 0 aliphatic carbocycles. The van der Waals surface area contributed by atoms with Crippen LogP contribution < -0.4 is 10.5 Å². The molecule has 0 aromatic heterocycles. The molecule has 0 aromatic rings. The summed E-state index contributed by atoms with van der Waals surface area (Å²) in [4.78, 5) is 0. The summed E-state index contributed by atoms with van der Waals surface area (Å²) in [6, 6.07) is 0. The third-order valence-electron chi connectivity index (χ3n) is 3.12. The van der Waals surface area contributed by atoms with Crippen molar-refractivity contribution in [3.05, 3.63) is 0 Å². The van der Waals surface area contributed by atoms with Gasteiger partial charge >= 0.3 is 0 Å². The van der Waals surface area contributed by atoms with Gasteiger partial charge < -0.3 is 5.73 Å². The van der Waals surface area contributed by atoms with Crippen LogP contribution >= 0.6 is 0 Å². The molecule has 0 bridgehead atoms. The summed E-state index contributed by atoms with van der Waals surface area (Å²) < 4.78 is 48.8. The van der Waals surface area contributed by atoms with Crippen LogP contribution in [0, 0.1) is 5.41 Å². The number of sulfonamides is 1. The summed E-state index contributed by atoms with van der Waals surface area (Å²) in [6.07, 6.45) is 2.08. The molecule has 0 unspecified atom stereocenters. The van der Waals surface area contributed by atoms with Crippen LogP contribution in [0.4, 0.5) is 0 Å². The molecule has 4 N–H and O–H groups in total. The predicted octanol–water partition coefficient (Wildman–Crippen LogP) is -0.411. The summed E-state index contributed by atoms with van der Waals surface area (Å²) in [7, 11) is -6.48. The smallest absolute Gasteiger partial charge is 0.214 e. The van der Waals surface area contributed by atoms with E-state index in [9.17, 15) is 16.8 Å². The van der Waals surface area contributed by atoms with Crippen LogP contribution in [-0.4, -0.2) is 46.0 Å². The van der Waals surface area contributed by atoms with Crippen molar-refractivity contribution in [2.75, 3.05) is 18.1 Å². The lowest BCUT2D eigenvalue weighted by atomic mass is 10.2. The minimum Gasteiger partial charge on any atom is -0.388 e. The maximum atomic E-state index is 11.9. The molecule has 112 valence electrons. The van der Waals surface area contributed by atoms with E-state index in [0.29, 0.717) is 25.8 Å². The van der Waals surface area contributed by atoms with Crippen molar-refractivity contribution in [2.45, 2.75) is 37.4 Å². The highest BCUT2D eigenvalue weighted by Gasteiger charge is 2.32. The molecule has 19 heavy (non-hydrogen) atoms. The summed E-state index contributed by atoms with van der Waals surface area (Å²) in [5, 5.41) is 6.42. The zero-order valence-electron chi connectivity index (χ0n) is 10.8. The number of hydrogen-bond acceptors (Lipinski definition) is 5. The van der Waals surface area contributed by atoms with Gasteiger partial charge in [0.25, 0.3) is 0 Å². The Morgan fingerprint density at radius 3 is 2.37 bits per heavy atom. The third kappa shape index (κ3) is 5.87. The van der Waals surface area contributed by atoms with E-state index in [0.717, 1.165) is 0 Å². The summed E-state index contributed by atoms with van der Waals surface area (Å²) >= 11 is 0. The first-order chi connectivity index (χ1) is 8.73. The molecular formula is C10H21N3O4S2. The molecule has 1 heterocycles. The van der Waals surface area contributed by atoms with Gasteiger partial charge in [0.2, 0.25) is 10.0 Å². The van der Waals surface area contributed by atoms with Crippen molar-refractivity contribution in [1.82, 2.24) is 4.72 Å². The molecule has 0 amide bonds. The minimum atomic E-state index is -3.43. The number of hydrogen-bond donors (Lipinski definition) is 3. The van der Waals surface area contributed by atoms with Gasteiger partial charge in [-0.05, 0) is 25.7 Å². The van der Waals surface area contributed by atoms with Crippen LogP contribution in [0.2, 0.25) is 0 Å². The van der Waals surface area contributed by atoms with Crippen molar-refractivity contribution in [3.8, 4) is 0 Å². The zero-order valence-corrected chi connectivity index (χ0v) is 12.4. The molecule has 0 spiro atoms. The lowest BCUT2D eigenvalue weighted by Gasteiger charge is -2.22. The van der Waals surface area contributed by atoms with Gasteiger partial charge in [-0.1, -0.05) is 0 Å². The maximum Gasteiger partial charge on any atom is 0.214 e. The number of amidine groups is 1. The molecule has 7 nitrogen and oxygen atoms in total. The first-order valence-electron chi connectivity index (χ1n) is 6.25. The number of rotatable bonds is 7. The molecule has 0 saturated carbocycles. The Morgan fingerprint density at radius 2 is 1.84 bits per heavy atom. The van der Waals surface area contributed by atoms with Crippen LogP contribution in [0.15, 0.2) is 0 Å². The molecule has 0 radical (unpaired) electrons. The van der Waals surface area contributed by atoms with Gasteiger partial charge in [0, 0.05) is 13.0 Å². The number of nitrogens with two attached hydrogens (primary N) is 1. The van der Waals surface area contributed by atoms with Crippen LogP contribution in [0.1, 0.15) is 32.1 Å². The molecule has 0 aromatic carbocycles. The summed E-state index contributed by atoms with van der Waals surface area (Å²) in [5.41, 5.74) is 5.19. The monoisotopic (exact) mass is 311 g/mol. The zero-order chi connectivity index (χ0) is 14.5. The highest BCUT2D eigenvalue weighted by atomic mass is 32.2. The fraction of sp³-hybridized carbons (Fsp3) is 0.900. The molecule has 0 atom stereocenters.